The van der Waals surface area contributed by atoms with E-state index >= 15 is 0 Å². The topological polar surface area (TPSA) is 70.1 Å². The number of nitrogens with one attached hydrogen (secondary N) is 1. The maximum Gasteiger partial charge on any atom is 0.121 e. The second kappa shape index (κ2) is 10.6. The molecule has 2 aromatic carbocycles. The van der Waals surface area contributed by atoms with E-state index < -0.39 is 6.10 Å². The molecule has 0 spiro atoms. The van der Waals surface area contributed by atoms with Gasteiger partial charge in [0, 0.05) is 44.8 Å². The highest BCUT2D eigenvalue weighted by atomic mass is 32.1. The molecule has 0 radical (unpaired) electrons. The molecule has 0 saturated carbocycles. The van der Waals surface area contributed by atoms with Crippen LogP contribution in [-0.4, -0.2) is 77.5 Å². The SMILES string of the molecule is Cc1ccc(C2=CC(CN3CCN(C[C@@H](O)COc4ccc5sc(C)nc5c4)[C@@H](C)C3)ON2)cc1. The summed E-state index contributed by atoms with van der Waals surface area (Å²) in [6.45, 7) is 10.9. The Kier molecular flexibility index (Phi) is 7.36. The van der Waals surface area contributed by atoms with E-state index in [1.807, 2.05) is 25.1 Å². The summed E-state index contributed by atoms with van der Waals surface area (Å²) in [7, 11) is 0. The standard InChI is InChI=1S/C27H34N4O3S/c1-18-4-6-21(7-5-18)25-13-24(34-29-25)16-30-10-11-31(19(2)14-30)15-22(32)17-33-23-8-9-27-26(12-23)28-20(3)35-27/h4-9,12-13,19,22,24,29,32H,10-11,14-17H2,1-3H3/t19-,22+,24?/m0/s1. The average Bonchev–Trinajstić information content (AvgIpc) is 3.45. The molecule has 0 aliphatic carbocycles. The highest BCUT2D eigenvalue weighted by Crippen LogP contribution is 2.26. The smallest absolute Gasteiger partial charge is 0.121 e. The van der Waals surface area contributed by atoms with E-state index in [1.54, 1.807) is 11.3 Å². The van der Waals surface area contributed by atoms with Crippen molar-refractivity contribution in [2.75, 3.05) is 39.3 Å². The molecule has 0 amide bonds. The van der Waals surface area contributed by atoms with Crippen molar-refractivity contribution in [3.63, 3.8) is 0 Å². The number of aromatic nitrogens is 1. The summed E-state index contributed by atoms with van der Waals surface area (Å²) in [5.41, 5.74) is 7.47. The molecule has 0 bridgehead atoms. The lowest BCUT2D eigenvalue weighted by Crippen LogP contribution is -2.55. The molecular weight excluding hydrogens is 460 g/mol. The number of β-amino-alcohol motifs (C(OH)–C–C–N with tert-alkyl or cyclic N) is 1. The van der Waals surface area contributed by atoms with Gasteiger partial charge in [-0.1, -0.05) is 29.8 Å². The van der Waals surface area contributed by atoms with Crippen molar-refractivity contribution in [2.24, 2.45) is 0 Å². The molecule has 3 heterocycles. The molecule has 3 atom stereocenters. The van der Waals surface area contributed by atoms with Crippen LogP contribution in [0.5, 0.6) is 5.75 Å². The van der Waals surface area contributed by atoms with E-state index in [0.29, 0.717) is 12.6 Å². The Hall–Kier alpha value is -2.49. The zero-order valence-electron chi connectivity index (χ0n) is 20.6. The number of aliphatic hydroxyl groups is 1. The average molecular weight is 495 g/mol. The minimum absolute atomic E-state index is 0.0305. The number of ether oxygens (including phenoxy) is 1. The maximum absolute atomic E-state index is 10.6. The molecule has 1 saturated heterocycles. The second-order valence-corrected chi connectivity index (χ2v) is 10.9. The molecular formula is C27H34N4O3S. The van der Waals surface area contributed by atoms with E-state index in [2.05, 4.69) is 64.5 Å². The summed E-state index contributed by atoms with van der Waals surface area (Å²) in [5.74, 6) is 0.753. The Morgan fingerprint density at radius 3 is 2.83 bits per heavy atom. The van der Waals surface area contributed by atoms with Gasteiger partial charge in [0.25, 0.3) is 0 Å². The highest BCUT2D eigenvalue weighted by molar-refractivity contribution is 7.18. The molecule has 5 rings (SSSR count). The zero-order chi connectivity index (χ0) is 24.4. The van der Waals surface area contributed by atoms with Crippen molar-refractivity contribution < 1.29 is 14.7 Å². The molecule has 1 aromatic heterocycles. The first kappa shape index (κ1) is 24.2. The Labute approximate surface area is 210 Å². The predicted molar refractivity (Wildman–Crippen MR) is 140 cm³/mol. The Morgan fingerprint density at radius 2 is 2.03 bits per heavy atom. The summed E-state index contributed by atoms with van der Waals surface area (Å²) in [5, 5.41) is 11.7. The van der Waals surface area contributed by atoms with E-state index in [9.17, 15) is 5.11 Å². The first-order chi connectivity index (χ1) is 16.9. The van der Waals surface area contributed by atoms with E-state index in [0.717, 1.165) is 58.4 Å². The largest absolute Gasteiger partial charge is 0.491 e. The van der Waals surface area contributed by atoms with Gasteiger partial charge < -0.3 is 9.84 Å². The molecule has 2 aliphatic heterocycles. The summed E-state index contributed by atoms with van der Waals surface area (Å²) in [4.78, 5) is 15.1. The molecule has 2 N–H and O–H groups in total. The molecule has 7 nitrogen and oxygen atoms in total. The fourth-order valence-corrected chi connectivity index (χ4v) is 5.57. The Balaban J connectivity index is 1.07. The molecule has 2 aliphatic rings. The van der Waals surface area contributed by atoms with Crippen LogP contribution in [0.2, 0.25) is 0 Å². The molecule has 186 valence electrons. The number of thiazole rings is 1. The number of nitrogens with zero attached hydrogens (tertiary/aromatic N) is 3. The summed E-state index contributed by atoms with van der Waals surface area (Å²) in [6.07, 6.45) is 1.66. The van der Waals surface area contributed by atoms with Gasteiger partial charge in [0.2, 0.25) is 0 Å². The normalized spacial score (nSPS) is 22.2. The van der Waals surface area contributed by atoms with E-state index in [-0.39, 0.29) is 12.7 Å². The van der Waals surface area contributed by atoms with Crippen molar-refractivity contribution in [1.29, 1.82) is 0 Å². The summed E-state index contributed by atoms with van der Waals surface area (Å²) < 4.78 is 7.03. The van der Waals surface area contributed by atoms with Crippen LogP contribution in [0.25, 0.3) is 15.9 Å². The minimum atomic E-state index is -0.542. The van der Waals surface area contributed by atoms with Crippen LogP contribution < -0.4 is 10.2 Å². The fourth-order valence-electron chi connectivity index (χ4n) is 4.76. The Morgan fingerprint density at radius 1 is 1.20 bits per heavy atom. The van der Waals surface area contributed by atoms with Gasteiger partial charge in [-0.15, -0.1) is 11.3 Å². The molecule has 8 heteroatoms. The van der Waals surface area contributed by atoms with Crippen molar-refractivity contribution >= 4 is 27.3 Å². The number of hydrogen-bond acceptors (Lipinski definition) is 8. The fraction of sp³-hybridized carbons (Fsp3) is 0.444. The van der Waals surface area contributed by atoms with E-state index in [4.69, 9.17) is 9.57 Å². The molecule has 1 fully saturated rings. The van der Waals surface area contributed by atoms with Crippen LogP contribution in [0.4, 0.5) is 0 Å². The van der Waals surface area contributed by atoms with Crippen molar-refractivity contribution in [3.05, 3.63) is 64.7 Å². The predicted octanol–water partition coefficient (Wildman–Crippen LogP) is 3.60. The Bertz CT molecular complexity index is 1180. The monoisotopic (exact) mass is 494 g/mol. The van der Waals surface area contributed by atoms with Crippen LogP contribution in [-0.2, 0) is 4.84 Å². The first-order valence-electron chi connectivity index (χ1n) is 12.3. The van der Waals surface area contributed by atoms with Gasteiger partial charge in [-0.25, -0.2) is 4.98 Å². The lowest BCUT2D eigenvalue weighted by Gasteiger charge is -2.41. The number of rotatable bonds is 8. The zero-order valence-corrected chi connectivity index (χ0v) is 21.4. The van der Waals surface area contributed by atoms with Gasteiger partial charge in [0.1, 0.15) is 24.6 Å². The quantitative estimate of drug-likeness (QED) is 0.496. The molecule has 3 aromatic rings. The van der Waals surface area contributed by atoms with Crippen molar-refractivity contribution in [1.82, 2.24) is 20.3 Å². The van der Waals surface area contributed by atoms with Gasteiger partial charge in [-0.05, 0) is 44.5 Å². The van der Waals surface area contributed by atoms with Crippen molar-refractivity contribution in [2.45, 2.75) is 39.0 Å². The molecule has 1 unspecified atom stereocenters. The number of aliphatic hydroxyl groups excluding tert-OH is 1. The van der Waals surface area contributed by atoms with Crippen LogP contribution in [0, 0.1) is 13.8 Å². The third-order valence-corrected chi connectivity index (χ3v) is 7.63. The number of piperazine rings is 1. The van der Waals surface area contributed by atoms with Crippen LogP contribution >= 0.6 is 11.3 Å². The van der Waals surface area contributed by atoms with Gasteiger partial charge in [0.05, 0.1) is 20.9 Å². The van der Waals surface area contributed by atoms with Gasteiger partial charge in [-0.2, -0.15) is 0 Å². The number of benzene rings is 2. The highest BCUT2D eigenvalue weighted by Gasteiger charge is 2.28. The van der Waals surface area contributed by atoms with Crippen LogP contribution in [0.3, 0.4) is 0 Å². The second-order valence-electron chi connectivity index (χ2n) is 9.64. The first-order valence-corrected chi connectivity index (χ1v) is 13.1. The number of fused-ring (bicyclic) bond motifs is 1. The number of hydroxylamine groups is 1. The lowest BCUT2D eigenvalue weighted by molar-refractivity contribution is -0.00741. The van der Waals surface area contributed by atoms with E-state index in [1.165, 1.54) is 5.56 Å². The minimum Gasteiger partial charge on any atom is -0.491 e. The number of hydrogen-bond donors (Lipinski definition) is 2. The maximum atomic E-state index is 10.6. The van der Waals surface area contributed by atoms with Crippen LogP contribution in [0.1, 0.15) is 23.1 Å². The van der Waals surface area contributed by atoms with Gasteiger partial charge >= 0.3 is 0 Å². The van der Waals surface area contributed by atoms with Crippen LogP contribution in [0.15, 0.2) is 48.5 Å². The van der Waals surface area contributed by atoms with Gasteiger partial charge in [-0.3, -0.25) is 20.1 Å². The third-order valence-electron chi connectivity index (χ3n) is 6.68. The number of aryl methyl sites for hydroxylation is 2. The van der Waals surface area contributed by atoms with Gasteiger partial charge in [0.15, 0.2) is 0 Å². The lowest BCUT2D eigenvalue weighted by atomic mass is 10.1. The summed E-state index contributed by atoms with van der Waals surface area (Å²) >= 11 is 1.68. The third kappa shape index (κ3) is 6.02. The van der Waals surface area contributed by atoms with Crippen molar-refractivity contribution in [3.8, 4) is 5.75 Å². The summed E-state index contributed by atoms with van der Waals surface area (Å²) in [6, 6.07) is 14.8. The molecule has 35 heavy (non-hydrogen) atoms.